The minimum absolute atomic E-state index is 0.0422. The summed E-state index contributed by atoms with van der Waals surface area (Å²) >= 11 is 6.12. The van der Waals surface area contributed by atoms with Gasteiger partial charge < -0.3 is 15.6 Å². The number of amides is 2. The summed E-state index contributed by atoms with van der Waals surface area (Å²) in [7, 11) is 0. The van der Waals surface area contributed by atoms with Crippen LogP contribution in [0.2, 0.25) is 5.02 Å². The monoisotopic (exact) mass is 424 g/mol. The number of carbonyl (C=O) groups is 2. The number of primary amides is 1. The van der Waals surface area contributed by atoms with Crippen molar-refractivity contribution in [2.45, 2.75) is 52.0 Å². The lowest BCUT2D eigenvalue weighted by molar-refractivity contribution is -0.112. The molecule has 0 unspecified atom stereocenters. The number of nitrogens with zero attached hydrogens (tertiary/aromatic N) is 2. The fourth-order valence-corrected chi connectivity index (χ4v) is 4.28. The lowest BCUT2D eigenvalue weighted by atomic mass is 9.95. The molecule has 1 aliphatic carbocycles. The quantitative estimate of drug-likeness (QED) is 0.526. The maximum atomic E-state index is 12.7. The molecule has 1 aromatic carbocycles. The molecule has 0 saturated heterocycles. The Kier molecular flexibility index (Phi) is 6.63. The van der Waals surface area contributed by atoms with E-state index in [4.69, 9.17) is 17.3 Å². The summed E-state index contributed by atoms with van der Waals surface area (Å²) in [6.45, 7) is 4.08. The minimum Gasteiger partial charge on any atom is -0.366 e. The van der Waals surface area contributed by atoms with Gasteiger partial charge in [-0.15, -0.1) is 0 Å². The van der Waals surface area contributed by atoms with E-state index in [0.717, 1.165) is 29.8 Å². The molecule has 2 aromatic rings. The third-order valence-electron chi connectivity index (χ3n) is 5.63. The number of aryl methyl sites for hydroxylation is 1. The van der Waals surface area contributed by atoms with Gasteiger partial charge in [0.05, 0.1) is 10.7 Å². The number of nitriles is 1. The molecular formula is C23H25ClN4O2. The summed E-state index contributed by atoms with van der Waals surface area (Å²) in [6, 6.07) is 8.79. The molecule has 3 N–H and O–H groups in total. The molecule has 1 saturated carbocycles. The van der Waals surface area contributed by atoms with Gasteiger partial charge in [0.25, 0.3) is 5.91 Å². The van der Waals surface area contributed by atoms with Crippen LogP contribution in [0.4, 0.5) is 5.69 Å². The van der Waals surface area contributed by atoms with Gasteiger partial charge in [-0.1, -0.05) is 30.9 Å². The van der Waals surface area contributed by atoms with Gasteiger partial charge in [-0.25, -0.2) is 0 Å². The van der Waals surface area contributed by atoms with Gasteiger partial charge in [0.15, 0.2) is 0 Å². The Hall–Kier alpha value is -3.04. The second kappa shape index (κ2) is 9.19. The Bertz CT molecular complexity index is 1060. The SMILES string of the molecule is Cc1cc(/C=C(/C#N)C(=O)Nc2cc(C(N)=O)ccc2Cl)c(C)n1C1CCCCC1. The number of aromatic nitrogens is 1. The molecule has 3 rings (SSSR count). The Balaban J connectivity index is 1.88. The molecule has 2 amide bonds. The zero-order valence-electron chi connectivity index (χ0n) is 17.2. The zero-order valence-corrected chi connectivity index (χ0v) is 17.9. The molecule has 0 atom stereocenters. The Morgan fingerprint density at radius 3 is 2.57 bits per heavy atom. The molecule has 6 nitrogen and oxygen atoms in total. The van der Waals surface area contributed by atoms with Gasteiger partial charge in [-0.3, -0.25) is 9.59 Å². The van der Waals surface area contributed by atoms with Crippen molar-refractivity contribution in [3.05, 3.63) is 57.4 Å². The van der Waals surface area contributed by atoms with Crippen molar-refractivity contribution in [2.24, 2.45) is 5.73 Å². The number of hydrogen-bond acceptors (Lipinski definition) is 3. The summed E-state index contributed by atoms with van der Waals surface area (Å²) in [5.74, 6) is -1.23. The molecule has 1 aromatic heterocycles. The van der Waals surface area contributed by atoms with Gasteiger partial charge in [-0.2, -0.15) is 5.26 Å². The lowest BCUT2D eigenvalue weighted by Gasteiger charge is -2.26. The minimum atomic E-state index is -0.631. The summed E-state index contributed by atoms with van der Waals surface area (Å²) in [5, 5.41) is 12.4. The van der Waals surface area contributed by atoms with Crippen LogP contribution in [0.1, 0.15) is 65.5 Å². The zero-order chi connectivity index (χ0) is 21.8. The molecule has 0 bridgehead atoms. The molecule has 0 spiro atoms. The average molecular weight is 425 g/mol. The van der Waals surface area contributed by atoms with E-state index < -0.39 is 11.8 Å². The first-order chi connectivity index (χ1) is 14.3. The standard InChI is InChI=1S/C23H25ClN4O2/c1-14-10-17(15(2)28(14)19-6-4-3-5-7-19)11-18(13-25)23(30)27-21-12-16(22(26)29)8-9-20(21)24/h8-12,19H,3-7H2,1-2H3,(H2,26,29)(H,27,30)/b18-11-. The number of nitrogens with one attached hydrogen (secondary N) is 1. The molecule has 1 aliphatic rings. The molecule has 30 heavy (non-hydrogen) atoms. The van der Waals surface area contributed by atoms with Crippen LogP contribution >= 0.6 is 11.6 Å². The maximum absolute atomic E-state index is 12.7. The van der Waals surface area contributed by atoms with E-state index in [1.807, 2.05) is 19.1 Å². The number of halogens is 1. The third-order valence-corrected chi connectivity index (χ3v) is 5.96. The molecule has 0 aliphatic heterocycles. The van der Waals surface area contributed by atoms with Gasteiger partial charge in [0.2, 0.25) is 5.91 Å². The Morgan fingerprint density at radius 2 is 1.93 bits per heavy atom. The number of benzene rings is 1. The highest BCUT2D eigenvalue weighted by molar-refractivity contribution is 6.34. The number of carbonyl (C=O) groups excluding carboxylic acids is 2. The highest BCUT2D eigenvalue weighted by atomic mass is 35.5. The molecule has 1 heterocycles. The van der Waals surface area contributed by atoms with Gasteiger partial charge in [-0.05, 0) is 62.6 Å². The largest absolute Gasteiger partial charge is 0.366 e. The fraction of sp³-hybridized carbons (Fsp3) is 0.348. The van der Waals surface area contributed by atoms with Crippen molar-refractivity contribution >= 4 is 35.2 Å². The van der Waals surface area contributed by atoms with E-state index >= 15 is 0 Å². The van der Waals surface area contributed by atoms with Crippen molar-refractivity contribution in [3.8, 4) is 6.07 Å². The number of anilines is 1. The van der Waals surface area contributed by atoms with Crippen molar-refractivity contribution < 1.29 is 9.59 Å². The van der Waals surface area contributed by atoms with Crippen LogP contribution < -0.4 is 11.1 Å². The number of nitrogens with two attached hydrogens (primary N) is 1. The van der Waals surface area contributed by atoms with E-state index in [-0.39, 0.29) is 21.8 Å². The van der Waals surface area contributed by atoms with Gasteiger partial charge >= 0.3 is 0 Å². The van der Waals surface area contributed by atoms with E-state index in [1.165, 1.54) is 37.5 Å². The Morgan fingerprint density at radius 1 is 1.23 bits per heavy atom. The van der Waals surface area contributed by atoms with Crippen LogP contribution in [0, 0.1) is 25.2 Å². The normalized spacial score (nSPS) is 14.9. The van der Waals surface area contributed by atoms with E-state index in [1.54, 1.807) is 6.08 Å². The summed E-state index contributed by atoms with van der Waals surface area (Å²) < 4.78 is 2.32. The average Bonchev–Trinajstić information content (AvgIpc) is 3.01. The first-order valence-corrected chi connectivity index (χ1v) is 10.4. The molecule has 156 valence electrons. The van der Waals surface area contributed by atoms with Crippen LogP contribution in [-0.2, 0) is 4.79 Å². The smallest absolute Gasteiger partial charge is 0.266 e. The van der Waals surface area contributed by atoms with Crippen molar-refractivity contribution in [1.82, 2.24) is 4.57 Å². The predicted octanol–water partition coefficient (Wildman–Crippen LogP) is 4.91. The van der Waals surface area contributed by atoms with E-state index in [9.17, 15) is 14.9 Å². The van der Waals surface area contributed by atoms with E-state index in [0.29, 0.717) is 6.04 Å². The summed E-state index contributed by atoms with van der Waals surface area (Å²) in [5.41, 5.74) is 8.71. The topological polar surface area (TPSA) is 101 Å². The highest BCUT2D eigenvalue weighted by Gasteiger charge is 2.20. The van der Waals surface area contributed by atoms with Crippen molar-refractivity contribution in [2.75, 3.05) is 5.32 Å². The van der Waals surface area contributed by atoms with Crippen LogP contribution in [-0.4, -0.2) is 16.4 Å². The second-order valence-corrected chi connectivity index (χ2v) is 8.08. The lowest BCUT2D eigenvalue weighted by Crippen LogP contribution is -2.16. The number of rotatable bonds is 5. The number of hydrogen-bond donors (Lipinski definition) is 2. The maximum Gasteiger partial charge on any atom is 0.266 e. The van der Waals surface area contributed by atoms with Crippen LogP contribution in [0.15, 0.2) is 29.8 Å². The van der Waals surface area contributed by atoms with Crippen LogP contribution in [0.25, 0.3) is 6.08 Å². The highest BCUT2D eigenvalue weighted by Crippen LogP contribution is 2.33. The molecule has 1 fully saturated rings. The van der Waals surface area contributed by atoms with Crippen LogP contribution in [0.5, 0.6) is 0 Å². The van der Waals surface area contributed by atoms with Gasteiger partial charge in [0, 0.05) is 23.0 Å². The second-order valence-electron chi connectivity index (χ2n) is 7.67. The predicted molar refractivity (Wildman–Crippen MR) is 118 cm³/mol. The first-order valence-electron chi connectivity index (χ1n) is 10.0. The first kappa shape index (κ1) is 21.7. The molecular weight excluding hydrogens is 400 g/mol. The van der Waals surface area contributed by atoms with Crippen LogP contribution in [0.3, 0.4) is 0 Å². The summed E-state index contributed by atoms with van der Waals surface area (Å²) in [4.78, 5) is 24.1. The van der Waals surface area contributed by atoms with E-state index in [2.05, 4.69) is 16.8 Å². The third kappa shape index (κ3) is 4.58. The fourth-order valence-electron chi connectivity index (χ4n) is 4.12. The molecule has 0 radical (unpaired) electrons. The summed E-state index contributed by atoms with van der Waals surface area (Å²) in [6.07, 6.45) is 7.64. The molecule has 7 heteroatoms. The Labute approximate surface area is 181 Å². The van der Waals surface area contributed by atoms with Gasteiger partial charge in [0.1, 0.15) is 11.6 Å². The van der Waals surface area contributed by atoms with Crippen molar-refractivity contribution in [3.63, 3.8) is 0 Å². The van der Waals surface area contributed by atoms with Crippen molar-refractivity contribution in [1.29, 1.82) is 5.26 Å².